The number of hydrogen-bond donors (Lipinski definition) is 2. The van der Waals surface area contributed by atoms with Crippen LogP contribution in [0.15, 0.2) is 6.20 Å². The van der Waals surface area contributed by atoms with Crippen molar-refractivity contribution in [3.63, 3.8) is 0 Å². The molecule has 1 aromatic rings. The molecule has 5 heteroatoms. The number of nitrogens with two attached hydrogens (primary N) is 2. The summed E-state index contributed by atoms with van der Waals surface area (Å²) in [5.74, 6) is 0.583. The summed E-state index contributed by atoms with van der Waals surface area (Å²) in [6.45, 7) is 3.25. The van der Waals surface area contributed by atoms with E-state index in [4.69, 9.17) is 11.5 Å². The maximum absolute atomic E-state index is 5.82. The Hall–Kier alpha value is -1.23. The van der Waals surface area contributed by atoms with E-state index in [1.165, 1.54) is 12.8 Å². The molecule has 92 valence electrons. The molecule has 1 aromatic heterocycles. The van der Waals surface area contributed by atoms with Crippen LogP contribution >= 0.6 is 0 Å². The van der Waals surface area contributed by atoms with E-state index in [-0.39, 0.29) is 0 Å². The molecule has 0 aliphatic rings. The molecule has 0 radical (unpaired) electrons. The first-order valence-electron chi connectivity index (χ1n) is 5.75. The van der Waals surface area contributed by atoms with E-state index in [0.717, 1.165) is 13.0 Å². The van der Waals surface area contributed by atoms with E-state index in [1.54, 1.807) is 6.20 Å². The van der Waals surface area contributed by atoms with Gasteiger partial charge < -0.3 is 16.4 Å². The minimum Gasteiger partial charge on any atom is -0.394 e. The highest BCUT2D eigenvalue weighted by Crippen LogP contribution is 2.21. The Bertz CT molecular complexity index is 318. The second kappa shape index (κ2) is 5.75. The Morgan fingerprint density at radius 2 is 2.06 bits per heavy atom. The normalized spacial score (nSPS) is 13.2. The van der Waals surface area contributed by atoms with E-state index < -0.39 is 0 Å². The van der Waals surface area contributed by atoms with Gasteiger partial charge in [-0.1, -0.05) is 6.42 Å². The average molecular weight is 225 g/mol. The van der Waals surface area contributed by atoms with Crippen molar-refractivity contribution in [3.8, 4) is 0 Å². The van der Waals surface area contributed by atoms with Crippen LogP contribution in [0.3, 0.4) is 0 Å². The van der Waals surface area contributed by atoms with E-state index >= 15 is 0 Å². The van der Waals surface area contributed by atoms with Gasteiger partial charge in [-0.05, 0) is 40.4 Å². The second-order valence-electron chi connectivity index (χ2n) is 4.58. The quantitative estimate of drug-likeness (QED) is 0.717. The fourth-order valence-electron chi connectivity index (χ4n) is 1.73. The van der Waals surface area contributed by atoms with Crippen LogP contribution in [-0.4, -0.2) is 35.3 Å². The van der Waals surface area contributed by atoms with Gasteiger partial charge in [-0.25, -0.2) is 4.68 Å². The first-order chi connectivity index (χ1) is 7.52. The highest BCUT2D eigenvalue weighted by atomic mass is 15.3. The van der Waals surface area contributed by atoms with Crippen LogP contribution < -0.4 is 11.5 Å². The standard InChI is InChI=1S/C11H23N5/c1-9(6-4-5-7-15(2)3)16-11(13)10(12)8-14-16/h8-9H,4-7,12-13H2,1-3H3. The summed E-state index contributed by atoms with van der Waals surface area (Å²) >= 11 is 0. The zero-order valence-corrected chi connectivity index (χ0v) is 10.5. The molecule has 1 unspecified atom stereocenters. The van der Waals surface area contributed by atoms with Crippen molar-refractivity contribution in [2.24, 2.45) is 0 Å². The molecule has 0 fully saturated rings. The largest absolute Gasteiger partial charge is 0.394 e. The fraction of sp³-hybridized carbons (Fsp3) is 0.727. The lowest BCUT2D eigenvalue weighted by Gasteiger charge is -2.15. The van der Waals surface area contributed by atoms with Gasteiger partial charge in [0.05, 0.1) is 17.9 Å². The number of rotatable bonds is 6. The van der Waals surface area contributed by atoms with Crippen molar-refractivity contribution >= 4 is 11.5 Å². The summed E-state index contributed by atoms with van der Waals surface area (Å²) in [5.41, 5.74) is 12.1. The fourth-order valence-corrected chi connectivity index (χ4v) is 1.73. The summed E-state index contributed by atoms with van der Waals surface area (Å²) in [6, 6.07) is 0.319. The van der Waals surface area contributed by atoms with Gasteiger partial charge >= 0.3 is 0 Å². The second-order valence-corrected chi connectivity index (χ2v) is 4.58. The van der Waals surface area contributed by atoms with Crippen LogP contribution in [0.25, 0.3) is 0 Å². The number of anilines is 2. The zero-order valence-electron chi connectivity index (χ0n) is 10.5. The molecule has 0 bridgehead atoms. The summed E-state index contributed by atoms with van der Waals surface area (Å²) in [7, 11) is 4.19. The molecule has 0 saturated carbocycles. The monoisotopic (exact) mass is 225 g/mol. The molecule has 1 heterocycles. The molecule has 5 nitrogen and oxygen atoms in total. The Morgan fingerprint density at radius 1 is 1.38 bits per heavy atom. The Balaban J connectivity index is 2.35. The molecular formula is C11H23N5. The maximum atomic E-state index is 5.82. The van der Waals surface area contributed by atoms with Crippen molar-refractivity contribution < 1.29 is 0 Å². The van der Waals surface area contributed by atoms with Gasteiger partial charge in [-0.2, -0.15) is 5.10 Å². The van der Waals surface area contributed by atoms with E-state index in [1.807, 2.05) is 4.68 Å². The maximum Gasteiger partial charge on any atom is 0.145 e. The molecule has 0 aliphatic carbocycles. The van der Waals surface area contributed by atoms with Gasteiger partial charge in [0.2, 0.25) is 0 Å². The predicted octanol–water partition coefficient (Wildman–Crippen LogP) is 1.34. The van der Waals surface area contributed by atoms with Crippen molar-refractivity contribution in [2.75, 3.05) is 32.1 Å². The van der Waals surface area contributed by atoms with Crippen LogP contribution in [0, 0.1) is 0 Å². The van der Waals surface area contributed by atoms with Gasteiger partial charge in [0.1, 0.15) is 5.82 Å². The van der Waals surface area contributed by atoms with Crippen molar-refractivity contribution in [3.05, 3.63) is 6.20 Å². The van der Waals surface area contributed by atoms with Crippen LogP contribution in [0.2, 0.25) is 0 Å². The minimum absolute atomic E-state index is 0.319. The first-order valence-corrected chi connectivity index (χ1v) is 5.75. The summed E-state index contributed by atoms with van der Waals surface area (Å²) in [4.78, 5) is 2.20. The van der Waals surface area contributed by atoms with E-state index in [2.05, 4.69) is 31.0 Å². The zero-order chi connectivity index (χ0) is 12.1. The summed E-state index contributed by atoms with van der Waals surface area (Å²) < 4.78 is 1.81. The highest BCUT2D eigenvalue weighted by molar-refractivity contribution is 5.57. The number of hydrogen-bond acceptors (Lipinski definition) is 4. The van der Waals surface area contributed by atoms with Gasteiger partial charge in [0.15, 0.2) is 0 Å². The van der Waals surface area contributed by atoms with Gasteiger partial charge in [-0.15, -0.1) is 0 Å². The molecule has 0 spiro atoms. The Morgan fingerprint density at radius 3 is 2.56 bits per heavy atom. The Kier molecular flexibility index (Phi) is 4.61. The molecule has 0 aliphatic heterocycles. The van der Waals surface area contributed by atoms with Crippen LogP contribution in [0.1, 0.15) is 32.2 Å². The van der Waals surface area contributed by atoms with Crippen molar-refractivity contribution in [1.29, 1.82) is 0 Å². The summed E-state index contributed by atoms with van der Waals surface area (Å²) in [6.07, 6.45) is 5.08. The number of unbranched alkanes of at least 4 members (excludes halogenated alkanes) is 1. The van der Waals surface area contributed by atoms with E-state index in [9.17, 15) is 0 Å². The van der Waals surface area contributed by atoms with Gasteiger partial charge in [0, 0.05) is 0 Å². The van der Waals surface area contributed by atoms with E-state index in [0.29, 0.717) is 17.5 Å². The third kappa shape index (κ3) is 3.41. The third-order valence-corrected chi connectivity index (χ3v) is 2.76. The average Bonchev–Trinajstić information content (AvgIpc) is 2.54. The van der Waals surface area contributed by atoms with Crippen molar-refractivity contribution in [1.82, 2.24) is 14.7 Å². The van der Waals surface area contributed by atoms with Crippen LogP contribution in [0.4, 0.5) is 11.5 Å². The molecule has 1 rings (SSSR count). The molecule has 1 atom stereocenters. The van der Waals surface area contributed by atoms with Crippen LogP contribution in [0.5, 0.6) is 0 Å². The topological polar surface area (TPSA) is 73.1 Å². The minimum atomic E-state index is 0.319. The lowest BCUT2D eigenvalue weighted by molar-refractivity contribution is 0.373. The number of nitrogens with zero attached hydrogens (tertiary/aromatic N) is 3. The molecule has 0 saturated heterocycles. The lowest BCUT2D eigenvalue weighted by atomic mass is 10.1. The van der Waals surface area contributed by atoms with Gasteiger partial charge in [-0.3, -0.25) is 0 Å². The number of aromatic nitrogens is 2. The SMILES string of the molecule is CC(CCCCN(C)C)n1ncc(N)c1N. The molecular weight excluding hydrogens is 202 g/mol. The summed E-state index contributed by atoms with van der Waals surface area (Å²) in [5, 5.41) is 4.19. The number of nitrogen functional groups attached to an aromatic ring is 2. The van der Waals surface area contributed by atoms with Gasteiger partial charge in [0.25, 0.3) is 0 Å². The third-order valence-electron chi connectivity index (χ3n) is 2.76. The highest BCUT2D eigenvalue weighted by Gasteiger charge is 2.10. The van der Waals surface area contributed by atoms with Crippen molar-refractivity contribution in [2.45, 2.75) is 32.2 Å². The first kappa shape index (κ1) is 12.8. The predicted molar refractivity (Wildman–Crippen MR) is 68.2 cm³/mol. The molecule has 0 amide bonds. The van der Waals surface area contributed by atoms with Crippen LogP contribution in [-0.2, 0) is 0 Å². The smallest absolute Gasteiger partial charge is 0.145 e. The Labute approximate surface area is 97.4 Å². The lowest BCUT2D eigenvalue weighted by Crippen LogP contribution is -2.14. The molecule has 16 heavy (non-hydrogen) atoms. The molecule has 0 aromatic carbocycles. The molecule has 4 N–H and O–H groups in total.